The molecule has 2 aromatic rings. The van der Waals surface area contributed by atoms with E-state index in [1.54, 1.807) is 65.0 Å². The van der Waals surface area contributed by atoms with E-state index in [1.807, 2.05) is 0 Å². The van der Waals surface area contributed by atoms with Gasteiger partial charge in [-0.25, -0.2) is 4.79 Å². The first-order valence-corrected chi connectivity index (χ1v) is 48.9. The Morgan fingerprint density at radius 2 is 0.671 bits per heavy atom. The van der Waals surface area contributed by atoms with Gasteiger partial charge >= 0.3 is 17.9 Å². The number of thiol groups is 1. The second-order valence-corrected chi connectivity index (χ2v) is 38.3. The maximum Gasteiger partial charge on any atom is 0.326 e. The van der Waals surface area contributed by atoms with E-state index in [4.69, 9.17) is 22.9 Å². The molecule has 1 fully saturated rings. The van der Waals surface area contributed by atoms with Gasteiger partial charge in [0, 0.05) is 18.7 Å². The Balaban J connectivity index is 1.77. The number of carbonyl (C=O) groups excluding carboxylic acids is 22. The summed E-state index contributed by atoms with van der Waals surface area (Å²) < 4.78 is 0. The highest BCUT2D eigenvalue weighted by atomic mass is 32.1. The van der Waals surface area contributed by atoms with Crippen LogP contribution in [0.1, 0.15) is 173 Å². The number of rotatable bonds is 64. The molecule has 0 spiro atoms. The third-order valence-corrected chi connectivity index (χ3v) is 24.3. The number of carboxylic acids is 3. The van der Waals surface area contributed by atoms with Crippen molar-refractivity contribution in [3.63, 3.8) is 0 Å². The van der Waals surface area contributed by atoms with Gasteiger partial charge in [-0.3, -0.25) is 115 Å². The number of hydrogen-bond donors (Lipinski definition) is 29. The number of hydrogen-bond acceptors (Lipinski definition) is 30. The molecule has 0 aliphatic carbocycles. The van der Waals surface area contributed by atoms with Crippen LogP contribution in [-0.4, -0.2) is 330 Å². The second-order valence-electron chi connectivity index (χ2n) is 37.9. The predicted molar refractivity (Wildman–Crippen MR) is 531 cm³/mol. The summed E-state index contributed by atoms with van der Waals surface area (Å²) in [7, 11) is 0. The van der Waals surface area contributed by atoms with Crippen LogP contribution in [-0.2, 0) is 133 Å². The summed E-state index contributed by atoms with van der Waals surface area (Å²) in [4.78, 5) is 340. The van der Waals surface area contributed by atoms with Crippen molar-refractivity contribution in [2.24, 2.45) is 64.4 Å². The molecule has 32 N–H and O–H groups in total. The average Bonchev–Trinajstić information content (AvgIpc) is 1.72. The molecule has 21 atom stereocenters. The minimum Gasteiger partial charge on any atom is -0.508 e. The number of phenols is 1. The second kappa shape index (κ2) is 62.4. The molecule has 0 radical (unpaired) electrons. The monoisotopic (exact) mass is 2120 g/mol. The molecule has 0 saturated carbocycles. The number of likely N-dealkylation sites (tertiary alicyclic amines) is 1. The Morgan fingerprint density at radius 3 is 1.08 bits per heavy atom. The molecule has 0 unspecified atom stereocenters. The quantitative estimate of drug-likeness (QED) is 0.0274. The van der Waals surface area contributed by atoms with Crippen LogP contribution in [0.2, 0.25) is 0 Å². The molecule has 22 amide bonds. The van der Waals surface area contributed by atoms with Crippen LogP contribution < -0.4 is 119 Å². The van der Waals surface area contributed by atoms with E-state index >= 15 is 0 Å². The normalized spacial score (nSPS) is 16.3. The number of benzene rings is 2. The summed E-state index contributed by atoms with van der Waals surface area (Å²) in [6.07, 6.45) is -6.75. The molecule has 0 bridgehead atoms. The SMILES string of the molecule is CC[C@H](C)[C@H](NC(=O)CNC(=O)[C@@H](NC(=O)[C@@H](NC(=O)[C@@H](NC(=O)[C@H](CC(=O)O)NC(=O)[C@H](CS)NC(=O)[C@H](CC(N)=O)NC(=O)CNC(=O)[C@H](CO)NC(=O)[C@@H](NC(=O)[C@@H](N)Cc1ccccc1)C(C)C)C(C)C)C(C)C)[C@@H](C)CC)C(=O)N[C@H](C(=O)N[C@@H](CC(N)=O)C(=O)N[C@@H](CC(N)=O)C(=O)N[C@H](C(=O)N[C@H](C(=O)N[C@@H](Cc1ccc(O)cc1)C(=O)N[C@@H](CC(=O)O)C(=O)N1CCC[C@H]1C(=O)O)C(C)C)[C@@H](C)O)C(C)C. The molecule has 0 aromatic heterocycles. The van der Waals surface area contributed by atoms with Crippen molar-refractivity contribution in [1.29, 1.82) is 0 Å². The molecule has 1 saturated heterocycles. The van der Waals surface area contributed by atoms with Crippen molar-refractivity contribution in [3.8, 4) is 5.75 Å². The van der Waals surface area contributed by atoms with Gasteiger partial charge in [0.1, 0.15) is 108 Å². The van der Waals surface area contributed by atoms with Crippen LogP contribution in [0.25, 0.3) is 0 Å². The van der Waals surface area contributed by atoms with E-state index in [9.17, 15) is 151 Å². The van der Waals surface area contributed by atoms with E-state index in [1.165, 1.54) is 86.6 Å². The largest absolute Gasteiger partial charge is 0.508 e. The summed E-state index contributed by atoms with van der Waals surface area (Å²) >= 11 is 4.11. The number of nitrogens with one attached hydrogen (secondary N) is 18. The summed E-state index contributed by atoms with van der Waals surface area (Å²) in [5.74, 6) is -36.0. The van der Waals surface area contributed by atoms with E-state index in [2.05, 4.69) is 108 Å². The zero-order valence-electron chi connectivity index (χ0n) is 85.6. The number of aliphatic carboxylic acids is 3. The smallest absolute Gasteiger partial charge is 0.326 e. The van der Waals surface area contributed by atoms with Gasteiger partial charge in [0.15, 0.2) is 0 Å². The van der Waals surface area contributed by atoms with Crippen LogP contribution in [0.3, 0.4) is 0 Å². The molecular weight excluding hydrogens is 1980 g/mol. The number of aliphatic hydroxyl groups is 2. The van der Waals surface area contributed by atoms with Crippen molar-refractivity contribution in [2.75, 3.05) is 32.0 Å². The fourth-order valence-electron chi connectivity index (χ4n) is 15.0. The summed E-state index contributed by atoms with van der Waals surface area (Å²) in [5.41, 5.74) is 23.5. The number of carboxylic acid groups (broad SMARTS) is 3. The lowest BCUT2D eigenvalue weighted by Gasteiger charge is -2.31. The third-order valence-electron chi connectivity index (χ3n) is 24.0. The number of amides is 22. The Labute approximate surface area is 864 Å². The molecule has 1 heterocycles. The number of phenolic OH excluding ortho intramolecular Hbond substituents is 1. The van der Waals surface area contributed by atoms with Crippen molar-refractivity contribution in [3.05, 3.63) is 65.7 Å². The van der Waals surface area contributed by atoms with Crippen molar-refractivity contribution >= 4 is 160 Å². The van der Waals surface area contributed by atoms with Gasteiger partial charge in [-0.05, 0) is 90.9 Å². The maximum atomic E-state index is 14.4. The average molecular weight is 2130 g/mol. The molecule has 1 aliphatic rings. The highest BCUT2D eigenvalue weighted by molar-refractivity contribution is 7.80. The number of nitrogens with zero attached hydrogens (tertiary/aromatic N) is 1. The number of aliphatic hydroxyl groups excluding tert-OH is 2. The highest BCUT2D eigenvalue weighted by Gasteiger charge is 2.45. The van der Waals surface area contributed by atoms with Gasteiger partial charge in [0.25, 0.3) is 0 Å². The zero-order chi connectivity index (χ0) is 113. The molecule has 3 rings (SSSR count). The van der Waals surface area contributed by atoms with E-state index in [0.717, 1.165) is 17.4 Å². The maximum absolute atomic E-state index is 14.4. The molecule has 149 heavy (non-hydrogen) atoms. The lowest BCUT2D eigenvalue weighted by molar-refractivity contribution is -0.150. The van der Waals surface area contributed by atoms with Crippen LogP contribution in [0.4, 0.5) is 0 Å². The minimum atomic E-state index is -2.11. The first-order chi connectivity index (χ1) is 69.6. The van der Waals surface area contributed by atoms with Crippen LogP contribution >= 0.6 is 12.6 Å². The predicted octanol–water partition coefficient (Wildman–Crippen LogP) is -9.18. The van der Waals surface area contributed by atoms with Gasteiger partial charge in [-0.15, -0.1) is 0 Å². The van der Waals surface area contributed by atoms with Gasteiger partial charge in [0.2, 0.25) is 130 Å². The summed E-state index contributed by atoms with van der Waals surface area (Å²) in [6.45, 7) is 19.3. The fraction of sp³-hybridized carbons (Fsp3) is 0.606. The van der Waals surface area contributed by atoms with Crippen LogP contribution in [0.15, 0.2) is 54.6 Å². The third kappa shape index (κ3) is 42.9. The summed E-state index contributed by atoms with van der Waals surface area (Å²) in [6, 6.07) is -16.4. The van der Waals surface area contributed by atoms with Gasteiger partial charge in [-0.2, -0.15) is 12.6 Å². The van der Waals surface area contributed by atoms with Crippen molar-refractivity contribution < 1.29 is 151 Å². The van der Waals surface area contributed by atoms with Gasteiger partial charge in [-0.1, -0.05) is 152 Å². The Kier molecular flexibility index (Phi) is 53.7. The van der Waals surface area contributed by atoms with Crippen LogP contribution in [0.5, 0.6) is 5.75 Å². The zero-order valence-corrected chi connectivity index (χ0v) is 86.5. The number of aromatic hydroxyl groups is 1. The van der Waals surface area contributed by atoms with Crippen LogP contribution in [0, 0.1) is 41.4 Å². The molecular formula is C94H145N23O31S. The van der Waals surface area contributed by atoms with E-state index in [-0.39, 0.29) is 50.0 Å². The first-order valence-electron chi connectivity index (χ1n) is 48.3. The summed E-state index contributed by atoms with van der Waals surface area (Å²) in [5, 5.41) is 103. The fourth-order valence-corrected chi connectivity index (χ4v) is 15.3. The Hall–Kier alpha value is -14.8. The topological polar surface area (TPSA) is 872 Å². The Bertz CT molecular complexity index is 5070. The lowest BCUT2D eigenvalue weighted by Crippen LogP contribution is -2.63. The highest BCUT2D eigenvalue weighted by Crippen LogP contribution is 2.23. The first kappa shape index (κ1) is 128. The van der Waals surface area contributed by atoms with E-state index < -0.39 is 368 Å². The van der Waals surface area contributed by atoms with Crippen molar-refractivity contribution in [1.82, 2.24) is 101 Å². The van der Waals surface area contributed by atoms with Crippen molar-refractivity contribution in [2.45, 2.75) is 289 Å². The Morgan fingerprint density at radius 1 is 0.356 bits per heavy atom. The number of primary amides is 3. The molecule has 55 heteroatoms. The van der Waals surface area contributed by atoms with E-state index in [0.29, 0.717) is 0 Å². The van der Waals surface area contributed by atoms with Gasteiger partial charge in [0.05, 0.1) is 63.9 Å². The minimum absolute atomic E-state index is 0.0276. The number of carbonyl (C=O) groups is 25. The standard InChI is InChI=1S/C94H145N23O31S/c1-16-46(13)74(115-90(143)73(45(11)12)112-89(142)72(44(9)10)111-83(136)57(35-67(126)127)103-84(137)60(40-149)108-80(133)54(32-62(96)121)101-65(124)37-99-78(131)59(39-118)107-88(141)69(41(3)4)110-77(130)52(95)30-49-22-19-18-20-23-49)85(138)100-38-66(125)109-75(47(14)17-2)91(144)113-70(42(5)6)87(140)105-55(33-63(97)122)81(134)102-56(34-64(98)123)82(135)116-76(48(15)119)92(145)114-71(43(7)8)86(139)104-53(31-50-25-27-51(120)28-26-50)79(132)106-58(36-68(128)129)93(146)117-29-21-24-61(117)94(147)148/h18-20,22-23,25-28,41-48,52-61,69-76,118-120,149H,16-17,21,24,29-40,95H2,1-15H3,(H2,96,121)(H2,97,122)(H2,98,123)(H,99,131)(H,100,138)(H,101,124)(H,102,134)(H,103,137)(H,104,139)(H,105,140)(H,106,132)(H,107,141)(H,108,133)(H,109,125)(H,110,130)(H,111,136)(H,112,142)(H,113,144)(H,114,145)(H,115,143)(H,116,135)(H,126,127)(H,128,129)(H,147,148)/t46-,47-,48+,52-,53-,54-,55-,56-,57-,58-,59-,60-,61-,69-,70-,71-,72-,73-,74-,75-,76-/m0/s1. The number of nitrogens with two attached hydrogens (primary N) is 4. The van der Waals surface area contributed by atoms with Gasteiger partial charge < -0.3 is 154 Å². The molecule has 54 nitrogen and oxygen atoms in total. The molecule has 2 aromatic carbocycles. The lowest BCUT2D eigenvalue weighted by atomic mass is 9.95. The molecule has 1 aliphatic heterocycles. The molecule has 828 valence electrons.